The highest BCUT2D eigenvalue weighted by Gasteiger charge is 2.27. The maximum atomic E-state index is 12.8. The van der Waals surface area contributed by atoms with Gasteiger partial charge in [0.05, 0.1) is 22.8 Å². The Morgan fingerprint density at radius 1 is 1.07 bits per heavy atom. The second-order valence-corrected chi connectivity index (χ2v) is 10.3. The molecular weight excluding hydrogens is 410 g/mol. The molecule has 29 heavy (non-hydrogen) atoms. The summed E-state index contributed by atoms with van der Waals surface area (Å²) in [6, 6.07) is 5.84. The fourth-order valence-electron chi connectivity index (χ4n) is 3.41. The highest BCUT2D eigenvalue weighted by Crippen LogP contribution is 2.38. The number of thiophene rings is 1. The summed E-state index contributed by atoms with van der Waals surface area (Å²) in [6.45, 7) is 3.60. The molecule has 1 heterocycles. The summed E-state index contributed by atoms with van der Waals surface area (Å²) in [7, 11) is -3.32. The normalized spacial score (nSPS) is 14.0. The maximum absolute atomic E-state index is 12.8. The number of sulfone groups is 1. The van der Waals surface area contributed by atoms with Crippen molar-refractivity contribution in [2.75, 3.05) is 17.7 Å². The van der Waals surface area contributed by atoms with Gasteiger partial charge in [-0.2, -0.15) is 0 Å². The van der Waals surface area contributed by atoms with Crippen molar-refractivity contribution in [3.63, 3.8) is 0 Å². The van der Waals surface area contributed by atoms with Crippen LogP contribution in [-0.2, 0) is 27.4 Å². The topological polar surface area (TPSA) is 89.5 Å². The van der Waals surface area contributed by atoms with E-state index < -0.39 is 15.8 Å². The summed E-state index contributed by atoms with van der Waals surface area (Å²) in [5.74, 6) is -0.790. The van der Waals surface area contributed by atoms with Gasteiger partial charge in [-0.05, 0) is 62.4 Å². The van der Waals surface area contributed by atoms with E-state index in [1.165, 1.54) is 35.6 Å². The Morgan fingerprint density at radius 2 is 1.76 bits per heavy atom. The zero-order chi connectivity index (χ0) is 21.0. The monoisotopic (exact) mass is 435 g/mol. The Bertz CT molecular complexity index is 1010. The number of hydrogen-bond acceptors (Lipinski definition) is 6. The van der Waals surface area contributed by atoms with Crippen molar-refractivity contribution < 1.29 is 22.7 Å². The Balaban J connectivity index is 1.89. The van der Waals surface area contributed by atoms with Crippen LogP contribution in [0.1, 0.15) is 64.3 Å². The van der Waals surface area contributed by atoms with Crippen LogP contribution in [0, 0.1) is 0 Å². The fraction of sp³-hybridized carbons (Fsp3) is 0.429. The van der Waals surface area contributed by atoms with Crippen LogP contribution in [-0.4, -0.2) is 32.7 Å². The van der Waals surface area contributed by atoms with Gasteiger partial charge in [-0.25, -0.2) is 13.2 Å². The first-order valence-electron chi connectivity index (χ1n) is 9.83. The summed E-state index contributed by atoms with van der Waals surface area (Å²) < 4.78 is 29.1. The van der Waals surface area contributed by atoms with Crippen LogP contribution in [0.3, 0.4) is 0 Å². The first-order chi connectivity index (χ1) is 13.9. The number of ether oxygens (including phenoxy) is 1. The van der Waals surface area contributed by atoms with Crippen LogP contribution in [0.4, 0.5) is 5.00 Å². The lowest BCUT2D eigenvalue weighted by Gasteiger charge is -2.09. The van der Waals surface area contributed by atoms with Gasteiger partial charge in [0.15, 0.2) is 9.84 Å². The zero-order valence-electron chi connectivity index (χ0n) is 16.6. The predicted molar refractivity (Wildman–Crippen MR) is 114 cm³/mol. The summed E-state index contributed by atoms with van der Waals surface area (Å²) >= 11 is 1.43. The first kappa shape index (κ1) is 21.5. The van der Waals surface area contributed by atoms with E-state index >= 15 is 0 Å². The third-order valence-electron chi connectivity index (χ3n) is 4.98. The van der Waals surface area contributed by atoms with E-state index in [9.17, 15) is 18.0 Å². The van der Waals surface area contributed by atoms with Gasteiger partial charge in [0.2, 0.25) is 0 Å². The number of benzene rings is 1. The molecule has 1 amide bonds. The number of esters is 1. The largest absolute Gasteiger partial charge is 0.462 e. The van der Waals surface area contributed by atoms with Crippen molar-refractivity contribution in [1.29, 1.82) is 0 Å². The van der Waals surface area contributed by atoms with Crippen molar-refractivity contribution in [3.05, 3.63) is 45.8 Å². The van der Waals surface area contributed by atoms with Crippen molar-refractivity contribution in [2.24, 2.45) is 0 Å². The third kappa shape index (κ3) is 4.70. The Hall–Kier alpha value is -2.19. The van der Waals surface area contributed by atoms with Gasteiger partial charge in [-0.3, -0.25) is 4.79 Å². The maximum Gasteiger partial charge on any atom is 0.341 e. The molecular formula is C21H25NO5S2. The molecule has 1 aromatic carbocycles. The van der Waals surface area contributed by atoms with Crippen LogP contribution in [0.25, 0.3) is 0 Å². The SMILES string of the molecule is CCOC(=O)c1c(NC(=O)c2ccc(S(=O)(=O)CC)cc2)sc2c1CCCCC2. The summed E-state index contributed by atoms with van der Waals surface area (Å²) in [5, 5.41) is 3.35. The molecule has 1 N–H and O–H groups in total. The van der Waals surface area contributed by atoms with Crippen LogP contribution < -0.4 is 5.32 Å². The number of fused-ring (bicyclic) bond motifs is 1. The number of anilines is 1. The second kappa shape index (κ2) is 9.09. The van der Waals surface area contributed by atoms with Crippen molar-refractivity contribution in [2.45, 2.75) is 50.8 Å². The minimum atomic E-state index is -3.32. The van der Waals surface area contributed by atoms with Gasteiger partial charge in [-0.15, -0.1) is 11.3 Å². The molecule has 1 aliphatic carbocycles. The van der Waals surface area contributed by atoms with E-state index in [-0.39, 0.29) is 23.2 Å². The van der Waals surface area contributed by atoms with Gasteiger partial charge in [0.25, 0.3) is 5.91 Å². The molecule has 1 aromatic heterocycles. The van der Waals surface area contributed by atoms with E-state index in [1.807, 2.05) is 0 Å². The molecule has 8 heteroatoms. The molecule has 0 fully saturated rings. The van der Waals surface area contributed by atoms with Gasteiger partial charge < -0.3 is 10.1 Å². The van der Waals surface area contributed by atoms with Crippen molar-refractivity contribution >= 4 is 38.1 Å². The quantitative estimate of drug-likeness (QED) is 0.541. The minimum Gasteiger partial charge on any atom is -0.462 e. The molecule has 156 valence electrons. The van der Waals surface area contributed by atoms with Crippen LogP contribution in [0.15, 0.2) is 29.2 Å². The number of hydrogen-bond donors (Lipinski definition) is 1. The number of carbonyl (C=O) groups excluding carboxylic acids is 2. The molecule has 0 saturated carbocycles. The summed E-state index contributed by atoms with van der Waals surface area (Å²) in [4.78, 5) is 26.7. The number of aryl methyl sites for hydroxylation is 1. The van der Waals surface area contributed by atoms with E-state index in [0.717, 1.165) is 42.5 Å². The highest BCUT2D eigenvalue weighted by atomic mass is 32.2. The highest BCUT2D eigenvalue weighted by molar-refractivity contribution is 7.91. The molecule has 0 atom stereocenters. The van der Waals surface area contributed by atoms with Gasteiger partial charge in [0, 0.05) is 10.4 Å². The molecule has 0 saturated heterocycles. The Labute approximate surface area is 175 Å². The minimum absolute atomic E-state index is 0.00217. The molecule has 2 aromatic rings. The summed E-state index contributed by atoms with van der Waals surface area (Å²) in [6.07, 6.45) is 4.90. The van der Waals surface area contributed by atoms with Crippen LogP contribution in [0.5, 0.6) is 0 Å². The molecule has 6 nitrogen and oxygen atoms in total. The number of carbonyl (C=O) groups is 2. The van der Waals surface area contributed by atoms with Crippen LogP contribution >= 0.6 is 11.3 Å². The molecule has 3 rings (SSSR count). The zero-order valence-corrected chi connectivity index (χ0v) is 18.2. The van der Waals surface area contributed by atoms with E-state index in [2.05, 4.69) is 5.32 Å². The van der Waals surface area contributed by atoms with Crippen LogP contribution in [0.2, 0.25) is 0 Å². The van der Waals surface area contributed by atoms with Gasteiger partial charge >= 0.3 is 5.97 Å². The lowest BCUT2D eigenvalue weighted by Crippen LogP contribution is -2.15. The second-order valence-electron chi connectivity index (χ2n) is 6.87. The number of amides is 1. The van der Waals surface area contributed by atoms with E-state index in [1.54, 1.807) is 13.8 Å². The standard InChI is InChI=1S/C21H25NO5S2/c1-3-27-21(24)18-16-8-6-5-7-9-17(16)28-20(18)22-19(23)14-10-12-15(13-11-14)29(25,26)4-2/h10-13H,3-9H2,1-2H3,(H,22,23). The van der Waals surface area contributed by atoms with Crippen molar-refractivity contribution in [3.8, 4) is 0 Å². The average Bonchev–Trinajstić information content (AvgIpc) is 2.88. The fourth-order valence-corrected chi connectivity index (χ4v) is 5.56. The number of rotatable bonds is 6. The van der Waals surface area contributed by atoms with Gasteiger partial charge in [-0.1, -0.05) is 13.3 Å². The molecule has 0 bridgehead atoms. The Kier molecular flexibility index (Phi) is 6.74. The average molecular weight is 436 g/mol. The molecule has 1 aliphatic rings. The van der Waals surface area contributed by atoms with E-state index in [0.29, 0.717) is 16.1 Å². The molecule has 0 aliphatic heterocycles. The summed E-state index contributed by atoms with van der Waals surface area (Å²) in [5.41, 5.74) is 1.79. The lowest BCUT2D eigenvalue weighted by atomic mass is 10.1. The third-order valence-corrected chi connectivity index (χ3v) is 7.94. The number of nitrogens with one attached hydrogen (secondary N) is 1. The molecule has 0 spiro atoms. The smallest absolute Gasteiger partial charge is 0.341 e. The van der Waals surface area contributed by atoms with E-state index in [4.69, 9.17) is 4.74 Å². The lowest BCUT2D eigenvalue weighted by molar-refractivity contribution is 0.0527. The first-order valence-corrected chi connectivity index (χ1v) is 12.3. The van der Waals surface area contributed by atoms with Gasteiger partial charge in [0.1, 0.15) is 5.00 Å². The van der Waals surface area contributed by atoms with Crippen molar-refractivity contribution in [1.82, 2.24) is 0 Å². The predicted octanol–water partition coefficient (Wildman–Crippen LogP) is 4.24. The Morgan fingerprint density at radius 3 is 2.41 bits per heavy atom. The molecule has 0 radical (unpaired) electrons. The molecule has 0 unspecified atom stereocenters.